The highest BCUT2D eigenvalue weighted by Crippen LogP contribution is 2.36. The molecule has 0 unspecified atom stereocenters. The highest BCUT2D eigenvalue weighted by atomic mass is 32.2. The van der Waals surface area contributed by atoms with Crippen molar-refractivity contribution in [1.29, 1.82) is 0 Å². The van der Waals surface area contributed by atoms with Crippen molar-refractivity contribution in [3.8, 4) is 22.4 Å². The Kier molecular flexibility index (Phi) is 4.23. The SMILES string of the molecule is Cc1cccc(-c2cscc2-c2cc(F)c(S(C)(=O)=O)c(F)c2)n1. The van der Waals surface area contributed by atoms with Crippen molar-refractivity contribution in [1.82, 2.24) is 4.98 Å². The first kappa shape index (κ1) is 16.7. The van der Waals surface area contributed by atoms with Gasteiger partial charge in [0.05, 0.1) is 5.69 Å². The molecule has 2 heterocycles. The number of rotatable bonds is 3. The van der Waals surface area contributed by atoms with Crippen LogP contribution in [-0.2, 0) is 9.84 Å². The monoisotopic (exact) mass is 365 g/mol. The van der Waals surface area contributed by atoms with E-state index in [1.54, 1.807) is 5.38 Å². The van der Waals surface area contributed by atoms with E-state index in [-0.39, 0.29) is 5.56 Å². The molecule has 0 fully saturated rings. The lowest BCUT2D eigenvalue weighted by Crippen LogP contribution is -2.04. The lowest BCUT2D eigenvalue weighted by atomic mass is 10.0. The number of sulfone groups is 1. The maximum Gasteiger partial charge on any atom is 0.181 e. The summed E-state index contributed by atoms with van der Waals surface area (Å²) in [5.41, 5.74) is 3.15. The number of halogens is 2. The summed E-state index contributed by atoms with van der Waals surface area (Å²) in [6.45, 7) is 1.86. The van der Waals surface area contributed by atoms with Gasteiger partial charge in [-0.3, -0.25) is 4.98 Å². The molecule has 2 aromatic heterocycles. The molecule has 0 aliphatic carbocycles. The summed E-state index contributed by atoms with van der Waals surface area (Å²) in [5, 5.41) is 3.60. The Morgan fingerprint density at radius 2 is 1.67 bits per heavy atom. The van der Waals surface area contributed by atoms with Crippen molar-refractivity contribution in [3.05, 3.63) is 58.4 Å². The zero-order chi connectivity index (χ0) is 17.5. The minimum atomic E-state index is -3.98. The number of aryl methyl sites for hydroxylation is 1. The van der Waals surface area contributed by atoms with Gasteiger partial charge in [0.25, 0.3) is 0 Å². The number of hydrogen-bond donors (Lipinski definition) is 0. The average molecular weight is 365 g/mol. The van der Waals surface area contributed by atoms with Gasteiger partial charge < -0.3 is 0 Å². The van der Waals surface area contributed by atoms with E-state index in [0.717, 1.165) is 29.6 Å². The number of pyridine rings is 1. The molecule has 0 atom stereocenters. The van der Waals surface area contributed by atoms with Crippen molar-refractivity contribution >= 4 is 21.2 Å². The van der Waals surface area contributed by atoms with Crippen molar-refractivity contribution < 1.29 is 17.2 Å². The summed E-state index contributed by atoms with van der Waals surface area (Å²) in [7, 11) is -3.98. The van der Waals surface area contributed by atoms with E-state index in [1.165, 1.54) is 11.3 Å². The van der Waals surface area contributed by atoms with Gasteiger partial charge in [-0.2, -0.15) is 11.3 Å². The zero-order valence-electron chi connectivity index (χ0n) is 12.9. The van der Waals surface area contributed by atoms with E-state index < -0.39 is 26.4 Å². The predicted molar refractivity (Wildman–Crippen MR) is 90.7 cm³/mol. The molecule has 0 aliphatic rings. The molecule has 0 aliphatic heterocycles. The average Bonchev–Trinajstić information content (AvgIpc) is 2.94. The molecule has 3 rings (SSSR count). The molecular weight excluding hydrogens is 352 g/mol. The van der Waals surface area contributed by atoms with Gasteiger partial charge in [0.2, 0.25) is 0 Å². The first-order valence-electron chi connectivity index (χ1n) is 6.97. The Hall–Kier alpha value is -2.12. The molecular formula is C17H13F2NO2S2. The smallest absolute Gasteiger partial charge is 0.181 e. The molecule has 24 heavy (non-hydrogen) atoms. The second kappa shape index (κ2) is 6.07. The Balaban J connectivity index is 2.17. The van der Waals surface area contributed by atoms with Crippen LogP contribution in [0.1, 0.15) is 5.69 Å². The van der Waals surface area contributed by atoms with Crippen LogP contribution in [0.5, 0.6) is 0 Å². The summed E-state index contributed by atoms with van der Waals surface area (Å²) >= 11 is 1.38. The van der Waals surface area contributed by atoms with E-state index in [1.807, 2.05) is 30.5 Å². The van der Waals surface area contributed by atoms with E-state index in [4.69, 9.17) is 0 Å². The predicted octanol–water partition coefficient (Wildman–Crippen LogP) is 4.47. The fraction of sp³-hybridized carbons (Fsp3) is 0.118. The lowest BCUT2D eigenvalue weighted by molar-refractivity contribution is 0.522. The molecule has 7 heteroatoms. The van der Waals surface area contributed by atoms with Crippen LogP contribution in [0.2, 0.25) is 0 Å². The molecule has 3 nitrogen and oxygen atoms in total. The summed E-state index contributed by atoms with van der Waals surface area (Å²) in [6.07, 6.45) is 0.779. The largest absolute Gasteiger partial charge is 0.253 e. The lowest BCUT2D eigenvalue weighted by Gasteiger charge is -2.08. The number of thiophene rings is 1. The van der Waals surface area contributed by atoms with Crippen molar-refractivity contribution in [2.75, 3.05) is 6.26 Å². The van der Waals surface area contributed by atoms with E-state index in [2.05, 4.69) is 4.98 Å². The summed E-state index contributed by atoms with van der Waals surface area (Å²) in [5.74, 6) is -2.19. The Morgan fingerprint density at radius 1 is 1.04 bits per heavy atom. The molecule has 0 amide bonds. The van der Waals surface area contributed by atoms with Crippen molar-refractivity contribution in [2.24, 2.45) is 0 Å². The Labute approximate surface area is 142 Å². The van der Waals surface area contributed by atoms with Crippen LogP contribution in [0.4, 0.5) is 8.78 Å². The number of aromatic nitrogens is 1. The van der Waals surface area contributed by atoms with E-state index >= 15 is 0 Å². The van der Waals surface area contributed by atoms with Crippen LogP contribution in [0.15, 0.2) is 46.0 Å². The highest BCUT2D eigenvalue weighted by Gasteiger charge is 2.22. The highest BCUT2D eigenvalue weighted by molar-refractivity contribution is 7.90. The van der Waals surface area contributed by atoms with E-state index in [0.29, 0.717) is 11.3 Å². The van der Waals surface area contributed by atoms with Gasteiger partial charge in [-0.1, -0.05) is 6.07 Å². The minimum absolute atomic E-state index is 0.275. The van der Waals surface area contributed by atoms with Crippen LogP contribution in [0.3, 0.4) is 0 Å². The van der Waals surface area contributed by atoms with Crippen LogP contribution in [-0.4, -0.2) is 19.7 Å². The van der Waals surface area contributed by atoms with Crippen molar-refractivity contribution in [3.63, 3.8) is 0 Å². The normalized spacial score (nSPS) is 11.7. The summed E-state index contributed by atoms with van der Waals surface area (Å²) < 4.78 is 51.4. The maximum atomic E-state index is 14.2. The molecule has 124 valence electrons. The van der Waals surface area contributed by atoms with Gasteiger partial charge in [-0.05, 0) is 42.1 Å². The maximum absolute atomic E-state index is 14.2. The summed E-state index contributed by atoms with van der Waals surface area (Å²) in [4.78, 5) is 3.52. The third-order valence-electron chi connectivity index (χ3n) is 3.51. The van der Waals surface area contributed by atoms with Crippen LogP contribution in [0, 0.1) is 18.6 Å². The molecule has 0 bridgehead atoms. The quantitative estimate of drug-likeness (QED) is 0.688. The van der Waals surface area contributed by atoms with Gasteiger partial charge in [0.15, 0.2) is 9.84 Å². The second-order valence-electron chi connectivity index (χ2n) is 5.40. The first-order valence-corrected chi connectivity index (χ1v) is 9.80. The third-order valence-corrected chi connectivity index (χ3v) is 5.38. The van der Waals surface area contributed by atoms with Crippen LogP contribution >= 0.6 is 11.3 Å². The molecule has 3 aromatic rings. The van der Waals surface area contributed by atoms with Gasteiger partial charge >= 0.3 is 0 Å². The molecule has 0 spiro atoms. The van der Waals surface area contributed by atoms with Crippen molar-refractivity contribution in [2.45, 2.75) is 11.8 Å². The number of benzene rings is 1. The molecule has 1 aromatic carbocycles. The Morgan fingerprint density at radius 3 is 2.25 bits per heavy atom. The number of hydrogen-bond acceptors (Lipinski definition) is 4. The topological polar surface area (TPSA) is 47.0 Å². The molecule has 0 N–H and O–H groups in total. The van der Waals surface area contributed by atoms with Gasteiger partial charge in [0.1, 0.15) is 16.5 Å². The van der Waals surface area contributed by atoms with Gasteiger partial charge in [-0.25, -0.2) is 17.2 Å². The number of nitrogens with zero attached hydrogens (tertiary/aromatic N) is 1. The van der Waals surface area contributed by atoms with Gasteiger partial charge in [-0.15, -0.1) is 0 Å². The molecule has 0 radical (unpaired) electrons. The second-order valence-corrected chi connectivity index (χ2v) is 8.10. The fourth-order valence-electron chi connectivity index (χ4n) is 2.48. The Bertz CT molecular complexity index is 1000. The fourth-order valence-corrected chi connectivity index (χ4v) is 4.16. The first-order chi connectivity index (χ1) is 11.3. The molecule has 0 saturated carbocycles. The van der Waals surface area contributed by atoms with Crippen LogP contribution in [0.25, 0.3) is 22.4 Å². The third kappa shape index (κ3) is 3.09. The standard InChI is InChI=1S/C17H13F2NO2S2/c1-10-4-3-5-16(20-10)13-9-23-8-12(13)11-6-14(18)17(15(19)7-11)24(2,21)22/h3-9H,1-2H3. The van der Waals surface area contributed by atoms with E-state index in [9.17, 15) is 17.2 Å². The minimum Gasteiger partial charge on any atom is -0.253 e. The van der Waals surface area contributed by atoms with Crippen LogP contribution < -0.4 is 0 Å². The van der Waals surface area contributed by atoms with Gasteiger partial charge in [0, 0.05) is 28.5 Å². The molecule has 0 saturated heterocycles. The zero-order valence-corrected chi connectivity index (χ0v) is 14.5. The summed E-state index contributed by atoms with van der Waals surface area (Å²) in [6, 6.07) is 7.61.